The summed E-state index contributed by atoms with van der Waals surface area (Å²) in [5.74, 6) is 1.36. The largest absolute Gasteiger partial charge is 0.206 e. The summed E-state index contributed by atoms with van der Waals surface area (Å²) >= 11 is 4.20. The summed E-state index contributed by atoms with van der Waals surface area (Å²) in [6, 6.07) is 27.4. The van der Waals surface area contributed by atoms with Crippen molar-refractivity contribution >= 4 is 56.8 Å². The molecule has 2 aromatic heterocycles. The molecule has 4 aromatic carbocycles. The molecule has 8 heteroatoms. The lowest BCUT2D eigenvalue weighted by Crippen LogP contribution is -2.01. The molecule has 54 heavy (non-hydrogen) atoms. The first-order valence-corrected chi connectivity index (χ1v) is 22.3. The van der Waals surface area contributed by atoms with E-state index in [-0.39, 0.29) is 5.82 Å². The van der Waals surface area contributed by atoms with Gasteiger partial charge in [-0.1, -0.05) is 140 Å². The molecule has 3 heterocycles. The van der Waals surface area contributed by atoms with Crippen molar-refractivity contribution in [1.82, 2.24) is 8.75 Å². The molecule has 2 atom stereocenters. The quantitative estimate of drug-likeness (QED) is 0.0872. The molecule has 0 bridgehead atoms. The fraction of sp³-hybridized carbons (Fsp3) is 0.391. The van der Waals surface area contributed by atoms with E-state index in [1.165, 1.54) is 96.9 Å². The molecule has 0 fully saturated rings. The number of aryl methyl sites for hydroxylation is 2. The van der Waals surface area contributed by atoms with Crippen LogP contribution >= 0.6 is 23.1 Å². The maximum Gasteiger partial charge on any atom is 0.131 e. The van der Waals surface area contributed by atoms with E-state index >= 15 is 4.39 Å². The normalized spacial score (nSPS) is 13.4. The van der Waals surface area contributed by atoms with Crippen molar-refractivity contribution in [3.8, 4) is 43.1 Å². The molecule has 1 aliphatic rings. The molecule has 0 aliphatic carbocycles. The molecule has 6 aromatic rings. The first-order chi connectivity index (χ1) is 26.5. The van der Waals surface area contributed by atoms with Crippen LogP contribution < -0.4 is 0 Å². The smallest absolute Gasteiger partial charge is 0.131 e. The maximum absolute atomic E-state index is 15.5. The van der Waals surface area contributed by atoms with E-state index in [9.17, 15) is 0 Å². The summed E-state index contributed by atoms with van der Waals surface area (Å²) in [7, 11) is 0. The zero-order valence-corrected chi connectivity index (χ0v) is 34.5. The Labute approximate surface area is 332 Å². The second kappa shape index (κ2) is 18.2. The Bertz CT molecular complexity index is 2250. The van der Waals surface area contributed by atoms with Gasteiger partial charge in [-0.2, -0.15) is 17.5 Å². The van der Waals surface area contributed by atoms with Gasteiger partial charge in [-0.25, -0.2) is 4.39 Å². The molecule has 2 unspecified atom stereocenters. The average molecular weight is 775 g/mol. The molecule has 0 amide bonds. The number of hydrogen-bond donors (Lipinski definition) is 0. The maximum atomic E-state index is 15.5. The van der Waals surface area contributed by atoms with Gasteiger partial charge in [0.15, 0.2) is 0 Å². The van der Waals surface area contributed by atoms with Crippen LogP contribution in [0.1, 0.15) is 103 Å². The number of thiophene rings is 1. The zero-order valence-electron chi connectivity index (χ0n) is 32.0. The lowest BCUT2D eigenvalue weighted by molar-refractivity contribution is 0.421. The molecule has 0 saturated heterocycles. The third-order valence-electron chi connectivity index (χ3n) is 11.3. The monoisotopic (exact) mass is 774 g/mol. The van der Waals surface area contributed by atoms with Crippen LogP contribution in [0.5, 0.6) is 0 Å². The molecule has 1 aliphatic heterocycles. The standard InChI is InChI=1S/C46H51FN4S3/c1-5-9-11-30(7-3)13-15-32-17-20-35(21-18-32)39-27-28-40(52-39)42-45-43(48-53-50-45)41(44-46(42)51-54-49-44)36-24-22-34(23-25-36)37-26-19-33(29-38(37)47)16-14-31(8-4)12-10-6-2/h17-31H,5-16H2,1-4H3. The predicted octanol–water partition coefficient (Wildman–Crippen LogP) is 15.6. The van der Waals surface area contributed by atoms with Crippen molar-refractivity contribution < 1.29 is 4.39 Å². The fourth-order valence-corrected chi connectivity index (χ4v) is 10.0. The lowest BCUT2D eigenvalue weighted by Gasteiger charge is -2.15. The van der Waals surface area contributed by atoms with Crippen LogP contribution in [0.3, 0.4) is 0 Å². The van der Waals surface area contributed by atoms with Crippen molar-refractivity contribution in [2.24, 2.45) is 20.6 Å². The van der Waals surface area contributed by atoms with Gasteiger partial charge in [0, 0.05) is 26.4 Å². The van der Waals surface area contributed by atoms with E-state index in [1.54, 1.807) is 17.4 Å². The molecular weight excluding hydrogens is 724 g/mol. The number of fused-ring (bicyclic) bond motifs is 2. The van der Waals surface area contributed by atoms with E-state index in [0.29, 0.717) is 11.5 Å². The van der Waals surface area contributed by atoms with E-state index in [1.807, 2.05) is 18.2 Å². The molecule has 0 saturated carbocycles. The second-order valence-corrected chi connectivity index (χ2v) is 17.0. The fourth-order valence-electron chi connectivity index (χ4n) is 7.82. The average Bonchev–Trinajstić information content (AvgIpc) is 4.00. The summed E-state index contributed by atoms with van der Waals surface area (Å²) in [6.45, 7) is 9.12. The second-order valence-electron chi connectivity index (χ2n) is 14.8. The SMILES string of the molecule is CCCCC(CC)CCc1ccc(-c2ccc(-c3c4c(c(-c5ccc(-c6ccc(CCC(CC)CCCC)cc6F)cc5)c5nsnc35)N=S=N4)s2)cc1. The van der Waals surface area contributed by atoms with E-state index < -0.39 is 0 Å². The van der Waals surface area contributed by atoms with Crippen LogP contribution in [0.4, 0.5) is 15.8 Å². The van der Waals surface area contributed by atoms with Crippen LogP contribution in [0.2, 0.25) is 0 Å². The van der Waals surface area contributed by atoms with E-state index in [0.717, 1.165) is 80.3 Å². The highest BCUT2D eigenvalue weighted by molar-refractivity contribution is 7.58. The minimum atomic E-state index is -0.169. The van der Waals surface area contributed by atoms with Crippen LogP contribution in [0.15, 0.2) is 87.6 Å². The Hall–Kier alpha value is -3.85. The third kappa shape index (κ3) is 8.51. The van der Waals surface area contributed by atoms with Gasteiger partial charge in [-0.3, -0.25) is 0 Å². The van der Waals surface area contributed by atoms with E-state index in [4.69, 9.17) is 17.5 Å². The Morgan fingerprint density at radius 3 is 1.76 bits per heavy atom. The van der Waals surface area contributed by atoms with Gasteiger partial charge in [-0.15, -0.1) is 11.3 Å². The van der Waals surface area contributed by atoms with E-state index in [2.05, 4.69) is 82.3 Å². The number of unbranched alkanes of at least 4 members (excludes halogenated alkanes) is 2. The minimum Gasteiger partial charge on any atom is -0.206 e. The van der Waals surface area contributed by atoms with Gasteiger partial charge in [0.25, 0.3) is 0 Å². The number of hydrogen-bond acceptors (Lipinski definition) is 6. The highest BCUT2D eigenvalue weighted by Crippen LogP contribution is 2.53. The van der Waals surface area contributed by atoms with Crippen LogP contribution in [0.25, 0.3) is 54.2 Å². The topological polar surface area (TPSA) is 50.5 Å². The van der Waals surface area contributed by atoms with Gasteiger partial charge < -0.3 is 0 Å². The molecule has 0 spiro atoms. The Morgan fingerprint density at radius 1 is 0.574 bits per heavy atom. The van der Waals surface area contributed by atoms with Crippen molar-refractivity contribution in [2.75, 3.05) is 0 Å². The summed E-state index contributed by atoms with van der Waals surface area (Å²) in [5, 5.41) is 0. The number of nitrogens with zero attached hydrogens (tertiary/aromatic N) is 4. The first kappa shape index (κ1) is 38.4. The van der Waals surface area contributed by atoms with Crippen molar-refractivity contribution in [2.45, 2.75) is 105 Å². The molecule has 0 N–H and O–H groups in total. The van der Waals surface area contributed by atoms with Gasteiger partial charge in [0.1, 0.15) is 28.2 Å². The van der Waals surface area contributed by atoms with Crippen molar-refractivity contribution in [1.29, 1.82) is 0 Å². The molecule has 0 radical (unpaired) electrons. The summed E-state index contributed by atoms with van der Waals surface area (Å²) < 4.78 is 34.8. The summed E-state index contributed by atoms with van der Waals surface area (Å²) in [6.07, 6.45) is 14.6. The van der Waals surface area contributed by atoms with Crippen LogP contribution in [-0.4, -0.2) is 8.75 Å². The summed E-state index contributed by atoms with van der Waals surface area (Å²) in [4.78, 5) is 2.33. The van der Waals surface area contributed by atoms with Crippen LogP contribution in [-0.2, 0) is 24.2 Å². The van der Waals surface area contributed by atoms with Gasteiger partial charge in [0.2, 0.25) is 0 Å². The first-order valence-electron chi connectivity index (χ1n) is 20.0. The number of halogens is 1. The van der Waals surface area contributed by atoms with Crippen molar-refractivity contribution in [3.63, 3.8) is 0 Å². The van der Waals surface area contributed by atoms with Gasteiger partial charge in [-0.05, 0) is 83.5 Å². The Kier molecular flexibility index (Phi) is 12.9. The third-order valence-corrected chi connectivity index (χ3v) is 13.5. The Morgan fingerprint density at radius 2 is 1.13 bits per heavy atom. The van der Waals surface area contributed by atoms with Crippen molar-refractivity contribution in [3.05, 3.63) is 95.8 Å². The van der Waals surface area contributed by atoms with Gasteiger partial charge in [0.05, 0.1) is 23.1 Å². The predicted molar refractivity (Wildman–Crippen MR) is 232 cm³/mol. The molecule has 280 valence electrons. The minimum absolute atomic E-state index is 0.169. The summed E-state index contributed by atoms with van der Waals surface area (Å²) in [5.41, 5.74) is 11.4. The highest BCUT2D eigenvalue weighted by Gasteiger charge is 2.27. The van der Waals surface area contributed by atoms with Crippen LogP contribution in [0, 0.1) is 17.7 Å². The molecule has 7 rings (SSSR count). The Balaban J connectivity index is 1.11. The number of rotatable bonds is 18. The zero-order chi connectivity index (χ0) is 37.4. The number of benzene rings is 4. The molecule has 4 nitrogen and oxygen atoms in total. The molecular formula is C46H51FN4S3. The van der Waals surface area contributed by atoms with Gasteiger partial charge >= 0.3 is 0 Å². The number of aromatic nitrogens is 2. The lowest BCUT2D eigenvalue weighted by atomic mass is 9.91. The highest BCUT2D eigenvalue weighted by atomic mass is 32.1.